The molecule has 5 rings (SSSR count). The lowest BCUT2D eigenvalue weighted by molar-refractivity contribution is 0.249. The Labute approximate surface area is 168 Å². The summed E-state index contributed by atoms with van der Waals surface area (Å²) in [4.78, 5) is 13.9. The molecule has 1 aromatic carbocycles. The normalized spacial score (nSPS) is 15.3. The highest BCUT2D eigenvalue weighted by molar-refractivity contribution is 5.71. The minimum Gasteiger partial charge on any atom is -0.351 e. The van der Waals surface area contributed by atoms with Gasteiger partial charge in [-0.2, -0.15) is 5.10 Å². The van der Waals surface area contributed by atoms with Gasteiger partial charge in [-0.05, 0) is 12.1 Å². The van der Waals surface area contributed by atoms with Gasteiger partial charge in [0.1, 0.15) is 5.82 Å². The van der Waals surface area contributed by atoms with Crippen molar-refractivity contribution in [2.75, 3.05) is 31.1 Å². The van der Waals surface area contributed by atoms with Crippen LogP contribution in [0, 0.1) is 5.82 Å². The van der Waals surface area contributed by atoms with Crippen LogP contribution in [0.15, 0.2) is 55.2 Å². The van der Waals surface area contributed by atoms with E-state index in [1.165, 1.54) is 17.7 Å². The van der Waals surface area contributed by atoms with Gasteiger partial charge in [0.15, 0.2) is 11.5 Å². The van der Waals surface area contributed by atoms with E-state index < -0.39 is 0 Å². The van der Waals surface area contributed by atoms with Crippen LogP contribution in [0.5, 0.6) is 0 Å². The van der Waals surface area contributed by atoms with E-state index in [-0.39, 0.29) is 5.82 Å². The maximum atomic E-state index is 13.7. The number of piperazine rings is 1. The van der Waals surface area contributed by atoms with Crippen LogP contribution in [0.1, 0.15) is 5.56 Å². The Balaban J connectivity index is 1.36. The minimum absolute atomic E-state index is 0.253. The molecule has 3 aromatic heterocycles. The fourth-order valence-electron chi connectivity index (χ4n) is 3.92. The first-order valence-corrected chi connectivity index (χ1v) is 9.70. The Kier molecular flexibility index (Phi) is 4.48. The SMILES string of the molecule is Cn1cc(CN2CCN(c3nccn4c(-c5cccc(F)c5)cnc34)CC2)cn1. The van der Waals surface area contributed by atoms with Gasteiger partial charge in [0, 0.05) is 69.5 Å². The number of halogens is 1. The maximum Gasteiger partial charge on any atom is 0.180 e. The highest BCUT2D eigenvalue weighted by Crippen LogP contribution is 2.26. The summed E-state index contributed by atoms with van der Waals surface area (Å²) in [6, 6.07) is 6.59. The lowest BCUT2D eigenvalue weighted by atomic mass is 10.1. The first kappa shape index (κ1) is 17.8. The third-order valence-corrected chi connectivity index (χ3v) is 5.37. The van der Waals surface area contributed by atoms with E-state index in [9.17, 15) is 4.39 Å². The molecule has 29 heavy (non-hydrogen) atoms. The predicted octanol–water partition coefficient (Wildman–Crippen LogP) is 2.59. The topological polar surface area (TPSA) is 54.5 Å². The van der Waals surface area contributed by atoms with Crippen molar-refractivity contribution in [3.63, 3.8) is 0 Å². The lowest BCUT2D eigenvalue weighted by Gasteiger charge is -2.35. The summed E-state index contributed by atoms with van der Waals surface area (Å²) >= 11 is 0. The molecule has 1 aliphatic rings. The zero-order valence-electron chi connectivity index (χ0n) is 16.2. The second-order valence-corrected chi connectivity index (χ2v) is 7.38. The van der Waals surface area contributed by atoms with Gasteiger partial charge in [0.2, 0.25) is 0 Å². The number of rotatable bonds is 4. The molecule has 1 aliphatic heterocycles. The molecule has 0 saturated carbocycles. The van der Waals surface area contributed by atoms with Crippen molar-refractivity contribution in [1.29, 1.82) is 0 Å². The van der Waals surface area contributed by atoms with Crippen LogP contribution >= 0.6 is 0 Å². The van der Waals surface area contributed by atoms with Crippen LogP contribution in [0.25, 0.3) is 16.9 Å². The molecular formula is C21H22FN7. The van der Waals surface area contributed by atoms with Crippen LogP contribution in [-0.4, -0.2) is 55.2 Å². The molecule has 7 nitrogen and oxygen atoms in total. The van der Waals surface area contributed by atoms with Crippen LogP contribution in [-0.2, 0) is 13.6 Å². The number of imidazole rings is 1. The molecule has 8 heteroatoms. The largest absolute Gasteiger partial charge is 0.351 e. The van der Waals surface area contributed by atoms with E-state index in [1.54, 1.807) is 18.5 Å². The highest BCUT2D eigenvalue weighted by Gasteiger charge is 2.21. The van der Waals surface area contributed by atoms with Crippen molar-refractivity contribution in [3.8, 4) is 11.3 Å². The van der Waals surface area contributed by atoms with E-state index in [4.69, 9.17) is 0 Å². The molecule has 1 saturated heterocycles. The zero-order chi connectivity index (χ0) is 19.8. The summed E-state index contributed by atoms with van der Waals surface area (Å²) in [6.07, 6.45) is 9.44. The molecule has 0 aliphatic carbocycles. The first-order valence-electron chi connectivity index (χ1n) is 9.70. The molecular weight excluding hydrogens is 369 g/mol. The van der Waals surface area contributed by atoms with Gasteiger partial charge in [-0.25, -0.2) is 14.4 Å². The van der Waals surface area contributed by atoms with Crippen molar-refractivity contribution in [3.05, 3.63) is 66.6 Å². The minimum atomic E-state index is -0.253. The van der Waals surface area contributed by atoms with E-state index in [1.807, 2.05) is 34.6 Å². The standard InChI is InChI=1S/C21H22FN7/c1-26-14-16(12-25-26)15-27-7-9-28(10-8-27)20-21-24-13-19(29(21)6-5-23-20)17-3-2-4-18(22)11-17/h2-6,11-14H,7-10,15H2,1H3. The Morgan fingerprint density at radius 3 is 2.69 bits per heavy atom. The molecule has 0 amide bonds. The molecule has 1 fully saturated rings. The van der Waals surface area contributed by atoms with Crippen LogP contribution < -0.4 is 4.90 Å². The number of aryl methyl sites for hydroxylation is 1. The van der Waals surface area contributed by atoms with Crippen molar-refractivity contribution in [1.82, 2.24) is 29.0 Å². The number of aromatic nitrogens is 5. The van der Waals surface area contributed by atoms with E-state index >= 15 is 0 Å². The number of hydrogen-bond acceptors (Lipinski definition) is 5. The molecule has 148 valence electrons. The van der Waals surface area contributed by atoms with Crippen molar-refractivity contribution in [2.45, 2.75) is 6.54 Å². The molecule has 0 unspecified atom stereocenters. The van der Waals surface area contributed by atoms with E-state index in [0.717, 1.165) is 55.4 Å². The second-order valence-electron chi connectivity index (χ2n) is 7.38. The average Bonchev–Trinajstić information content (AvgIpc) is 3.34. The smallest absolute Gasteiger partial charge is 0.180 e. The van der Waals surface area contributed by atoms with Gasteiger partial charge in [-0.3, -0.25) is 14.0 Å². The summed E-state index contributed by atoms with van der Waals surface area (Å²) in [5, 5.41) is 4.25. The zero-order valence-corrected chi connectivity index (χ0v) is 16.2. The molecule has 0 atom stereocenters. The average molecular weight is 391 g/mol. The van der Waals surface area contributed by atoms with E-state index in [0.29, 0.717) is 0 Å². The Morgan fingerprint density at radius 1 is 1.07 bits per heavy atom. The van der Waals surface area contributed by atoms with Crippen LogP contribution in [0.4, 0.5) is 10.2 Å². The van der Waals surface area contributed by atoms with Crippen LogP contribution in [0.2, 0.25) is 0 Å². The summed E-state index contributed by atoms with van der Waals surface area (Å²) in [5.74, 6) is 0.618. The van der Waals surface area contributed by atoms with E-state index in [2.05, 4.69) is 31.1 Å². The van der Waals surface area contributed by atoms with Crippen molar-refractivity contribution < 1.29 is 4.39 Å². The van der Waals surface area contributed by atoms with Crippen molar-refractivity contribution >= 4 is 11.5 Å². The number of benzene rings is 1. The van der Waals surface area contributed by atoms with Gasteiger partial charge in [-0.1, -0.05) is 12.1 Å². The molecule has 4 heterocycles. The molecule has 0 N–H and O–H groups in total. The molecule has 0 bridgehead atoms. The van der Waals surface area contributed by atoms with Gasteiger partial charge >= 0.3 is 0 Å². The number of fused-ring (bicyclic) bond motifs is 1. The molecule has 4 aromatic rings. The number of hydrogen-bond donors (Lipinski definition) is 0. The first-order chi connectivity index (χ1) is 14.2. The van der Waals surface area contributed by atoms with Crippen LogP contribution in [0.3, 0.4) is 0 Å². The summed E-state index contributed by atoms with van der Waals surface area (Å²) in [6.45, 7) is 4.58. The van der Waals surface area contributed by atoms with Gasteiger partial charge < -0.3 is 4.90 Å². The lowest BCUT2D eigenvalue weighted by Crippen LogP contribution is -2.46. The molecule has 0 spiro atoms. The molecule has 0 radical (unpaired) electrons. The summed E-state index contributed by atoms with van der Waals surface area (Å²) in [7, 11) is 1.94. The predicted molar refractivity (Wildman–Crippen MR) is 109 cm³/mol. The number of nitrogens with zero attached hydrogens (tertiary/aromatic N) is 7. The fraction of sp³-hybridized carbons (Fsp3) is 0.286. The summed E-state index contributed by atoms with van der Waals surface area (Å²) in [5.41, 5.74) is 3.69. The van der Waals surface area contributed by atoms with Gasteiger partial charge in [0.25, 0.3) is 0 Å². The third-order valence-electron chi connectivity index (χ3n) is 5.37. The highest BCUT2D eigenvalue weighted by atomic mass is 19.1. The Bertz CT molecular complexity index is 1140. The monoisotopic (exact) mass is 391 g/mol. The summed E-state index contributed by atoms with van der Waals surface area (Å²) < 4.78 is 17.5. The van der Waals surface area contributed by atoms with Crippen molar-refractivity contribution in [2.24, 2.45) is 7.05 Å². The maximum absolute atomic E-state index is 13.7. The fourth-order valence-corrected chi connectivity index (χ4v) is 3.92. The number of anilines is 1. The quantitative estimate of drug-likeness (QED) is 0.535. The second kappa shape index (κ2) is 7.29. The third kappa shape index (κ3) is 3.47. The Morgan fingerprint density at radius 2 is 1.93 bits per heavy atom. The van der Waals surface area contributed by atoms with Gasteiger partial charge in [-0.15, -0.1) is 0 Å². The van der Waals surface area contributed by atoms with Gasteiger partial charge in [0.05, 0.1) is 18.1 Å². The Hall–Kier alpha value is -3.26.